The number of aromatic nitrogens is 1. The van der Waals surface area contributed by atoms with E-state index in [1.54, 1.807) is 11.3 Å². The van der Waals surface area contributed by atoms with Gasteiger partial charge in [0.15, 0.2) is 5.78 Å². The van der Waals surface area contributed by atoms with E-state index >= 15 is 0 Å². The lowest BCUT2D eigenvalue weighted by atomic mass is 9.79. The molecule has 2 fully saturated rings. The van der Waals surface area contributed by atoms with Gasteiger partial charge in [-0.25, -0.2) is 4.98 Å². The molecule has 0 spiro atoms. The third-order valence-electron chi connectivity index (χ3n) is 5.29. The fourth-order valence-corrected chi connectivity index (χ4v) is 4.69. The molecule has 0 aromatic carbocycles. The highest BCUT2D eigenvalue weighted by Crippen LogP contribution is 2.31. The molecule has 0 radical (unpaired) electrons. The Bertz CT molecular complexity index is 854. The number of thiophene rings is 1. The minimum absolute atomic E-state index is 0.230. The quantitative estimate of drug-likeness (QED) is 0.739. The molecule has 0 aliphatic carbocycles. The van der Waals surface area contributed by atoms with Crippen LogP contribution in [-0.2, 0) is 16.1 Å². The Morgan fingerprint density at radius 3 is 2.79 bits per heavy atom. The fourth-order valence-electron chi connectivity index (χ4n) is 3.95. The van der Waals surface area contributed by atoms with Crippen molar-refractivity contribution in [2.45, 2.75) is 20.4 Å². The van der Waals surface area contributed by atoms with Crippen LogP contribution in [0.4, 0.5) is 5.82 Å². The minimum atomic E-state index is -0.386. The number of likely N-dealkylation sites (tertiary alicyclic amines) is 1. The zero-order chi connectivity index (χ0) is 19.6. The van der Waals surface area contributed by atoms with Gasteiger partial charge in [0.05, 0.1) is 18.9 Å². The van der Waals surface area contributed by atoms with Gasteiger partial charge in [-0.05, 0) is 29.7 Å². The summed E-state index contributed by atoms with van der Waals surface area (Å²) in [7, 11) is 0. The molecule has 2 aromatic heterocycles. The minimum Gasteiger partial charge on any atom is -0.378 e. The van der Waals surface area contributed by atoms with Crippen LogP contribution in [0.2, 0.25) is 0 Å². The van der Waals surface area contributed by atoms with Crippen molar-refractivity contribution in [1.82, 2.24) is 9.88 Å². The Balaban J connectivity index is 1.57. The first kappa shape index (κ1) is 19.3. The highest BCUT2D eigenvalue weighted by molar-refractivity contribution is 7.09. The number of pyridine rings is 1. The summed E-state index contributed by atoms with van der Waals surface area (Å²) in [6.07, 6.45) is 1.98. The summed E-state index contributed by atoms with van der Waals surface area (Å²) in [4.78, 5) is 23.8. The van der Waals surface area contributed by atoms with Crippen LogP contribution in [0.15, 0.2) is 41.3 Å². The van der Waals surface area contributed by atoms with Gasteiger partial charge in [0.1, 0.15) is 5.82 Å². The molecule has 0 unspecified atom stereocenters. The number of nitrogens with zero attached hydrogens (tertiary/aromatic N) is 3. The number of hydrogen-bond acceptors (Lipinski definition) is 6. The number of carbonyl (C=O) groups excluding carboxylic acids is 1. The van der Waals surface area contributed by atoms with E-state index in [4.69, 9.17) is 9.72 Å². The van der Waals surface area contributed by atoms with Gasteiger partial charge in [0.2, 0.25) is 0 Å². The van der Waals surface area contributed by atoms with Crippen LogP contribution in [0.3, 0.4) is 0 Å². The molecular formula is C22H27N3O2S. The number of ether oxygens (including phenoxy) is 1. The third kappa shape index (κ3) is 4.35. The number of Topliss-reactive ketones (excluding diaryl/α,β-unsaturated/α-hetero) is 1. The molecule has 2 aromatic rings. The number of hydrogen-bond donors (Lipinski definition) is 0. The van der Waals surface area contributed by atoms with Crippen molar-refractivity contribution < 1.29 is 9.53 Å². The molecule has 2 saturated heterocycles. The van der Waals surface area contributed by atoms with Gasteiger partial charge in [0, 0.05) is 48.6 Å². The smallest absolute Gasteiger partial charge is 0.167 e. The Morgan fingerprint density at radius 2 is 2.04 bits per heavy atom. The van der Waals surface area contributed by atoms with Crippen molar-refractivity contribution in [2.24, 2.45) is 5.41 Å². The molecule has 0 saturated carbocycles. The molecular weight excluding hydrogens is 370 g/mol. The van der Waals surface area contributed by atoms with Crippen molar-refractivity contribution in [1.29, 1.82) is 0 Å². The van der Waals surface area contributed by atoms with Crippen LogP contribution in [0, 0.1) is 5.41 Å². The van der Waals surface area contributed by atoms with Gasteiger partial charge in [-0.3, -0.25) is 9.69 Å². The van der Waals surface area contributed by atoms with Crippen LogP contribution < -0.4 is 4.90 Å². The summed E-state index contributed by atoms with van der Waals surface area (Å²) in [5.41, 5.74) is 1.31. The van der Waals surface area contributed by atoms with E-state index in [1.165, 1.54) is 4.88 Å². The Hall–Kier alpha value is -2.02. The fraction of sp³-hybridized carbons (Fsp3) is 0.455. The number of anilines is 1. The standard InChI is InChI=1S/C22H27N3O2S/c1-22(2)16-24(15-19-6-4-12-28-19)14-17(21(22)26)13-18-5-3-7-20(23-18)25-8-10-27-11-9-25/h3-7,12-13H,8-11,14-16H2,1-2H3/b17-13+. The van der Waals surface area contributed by atoms with Crippen molar-refractivity contribution in [3.8, 4) is 0 Å². The second-order valence-corrected chi connectivity index (χ2v) is 9.16. The van der Waals surface area contributed by atoms with E-state index in [0.717, 1.165) is 56.5 Å². The second-order valence-electron chi connectivity index (χ2n) is 8.13. The van der Waals surface area contributed by atoms with Gasteiger partial charge in [-0.15, -0.1) is 11.3 Å². The van der Waals surface area contributed by atoms with Crippen LogP contribution in [0.5, 0.6) is 0 Å². The molecule has 0 bridgehead atoms. The summed E-state index contributed by atoms with van der Waals surface area (Å²) < 4.78 is 5.43. The maximum Gasteiger partial charge on any atom is 0.167 e. The monoisotopic (exact) mass is 397 g/mol. The van der Waals surface area contributed by atoms with Crippen LogP contribution in [-0.4, -0.2) is 55.1 Å². The molecule has 4 heterocycles. The lowest BCUT2D eigenvalue weighted by molar-refractivity contribution is -0.126. The van der Waals surface area contributed by atoms with Crippen LogP contribution in [0.1, 0.15) is 24.4 Å². The summed E-state index contributed by atoms with van der Waals surface area (Å²) >= 11 is 1.77. The largest absolute Gasteiger partial charge is 0.378 e. The normalized spacial score (nSPS) is 22.0. The molecule has 5 nitrogen and oxygen atoms in total. The maximum atomic E-state index is 13.0. The number of rotatable bonds is 4. The van der Waals surface area contributed by atoms with E-state index in [9.17, 15) is 4.79 Å². The second kappa shape index (κ2) is 8.15. The van der Waals surface area contributed by atoms with E-state index in [-0.39, 0.29) is 11.2 Å². The zero-order valence-corrected chi connectivity index (χ0v) is 17.4. The summed E-state index contributed by atoms with van der Waals surface area (Å²) in [6, 6.07) is 10.3. The molecule has 0 N–H and O–H groups in total. The summed E-state index contributed by atoms with van der Waals surface area (Å²) in [5.74, 6) is 1.18. The van der Waals surface area contributed by atoms with Crippen molar-refractivity contribution >= 4 is 29.0 Å². The predicted molar refractivity (Wildman–Crippen MR) is 114 cm³/mol. The molecule has 0 amide bonds. The Kier molecular flexibility index (Phi) is 5.62. The molecule has 0 atom stereocenters. The summed E-state index contributed by atoms with van der Waals surface area (Å²) in [6.45, 7) is 9.59. The topological polar surface area (TPSA) is 45.7 Å². The maximum absolute atomic E-state index is 13.0. The molecule has 2 aliphatic heterocycles. The van der Waals surface area contributed by atoms with E-state index < -0.39 is 0 Å². The molecule has 2 aliphatic rings. The van der Waals surface area contributed by atoms with Gasteiger partial charge < -0.3 is 9.64 Å². The molecule has 4 rings (SSSR count). The lowest BCUT2D eigenvalue weighted by Gasteiger charge is -2.38. The lowest BCUT2D eigenvalue weighted by Crippen LogP contribution is -2.47. The van der Waals surface area contributed by atoms with Gasteiger partial charge >= 0.3 is 0 Å². The van der Waals surface area contributed by atoms with E-state index in [0.29, 0.717) is 6.54 Å². The third-order valence-corrected chi connectivity index (χ3v) is 6.15. The van der Waals surface area contributed by atoms with Gasteiger partial charge in [0.25, 0.3) is 0 Å². The van der Waals surface area contributed by atoms with Crippen LogP contribution >= 0.6 is 11.3 Å². The summed E-state index contributed by atoms with van der Waals surface area (Å²) in [5, 5.41) is 2.10. The van der Waals surface area contributed by atoms with Gasteiger partial charge in [-0.2, -0.15) is 0 Å². The number of carbonyl (C=O) groups is 1. The van der Waals surface area contributed by atoms with E-state index in [2.05, 4.69) is 27.3 Å². The predicted octanol–water partition coefficient (Wildman–Crippen LogP) is 3.47. The average Bonchev–Trinajstić information content (AvgIpc) is 3.19. The van der Waals surface area contributed by atoms with Crippen molar-refractivity contribution in [3.05, 3.63) is 51.9 Å². The highest BCUT2D eigenvalue weighted by Gasteiger charge is 2.37. The molecule has 28 heavy (non-hydrogen) atoms. The van der Waals surface area contributed by atoms with Crippen molar-refractivity contribution in [3.63, 3.8) is 0 Å². The average molecular weight is 398 g/mol. The number of piperidine rings is 1. The van der Waals surface area contributed by atoms with Crippen LogP contribution in [0.25, 0.3) is 6.08 Å². The first-order valence-electron chi connectivity index (χ1n) is 9.81. The van der Waals surface area contributed by atoms with Crippen molar-refractivity contribution in [2.75, 3.05) is 44.3 Å². The SMILES string of the molecule is CC1(C)CN(Cc2cccs2)C/C(=C\c2cccc(N3CCOCC3)n2)C1=O. The first-order chi connectivity index (χ1) is 13.5. The molecule has 148 valence electrons. The molecule has 6 heteroatoms. The number of ketones is 1. The Labute approximate surface area is 170 Å². The first-order valence-corrected chi connectivity index (χ1v) is 10.7. The number of morpholine rings is 1. The Morgan fingerprint density at radius 1 is 1.21 bits per heavy atom. The van der Waals surface area contributed by atoms with E-state index in [1.807, 2.05) is 38.1 Å². The van der Waals surface area contributed by atoms with Gasteiger partial charge in [-0.1, -0.05) is 26.0 Å². The highest BCUT2D eigenvalue weighted by atomic mass is 32.1. The zero-order valence-electron chi connectivity index (χ0n) is 16.6.